The fourth-order valence-corrected chi connectivity index (χ4v) is 1.92. The molecule has 0 aromatic heterocycles. The van der Waals surface area contributed by atoms with Gasteiger partial charge in [0.25, 0.3) is 0 Å². The minimum Gasteiger partial charge on any atom is -0.478 e. The van der Waals surface area contributed by atoms with Crippen LogP contribution in [0.4, 0.5) is 14.5 Å². The van der Waals surface area contributed by atoms with Gasteiger partial charge in [-0.15, -0.1) is 0 Å². The van der Waals surface area contributed by atoms with E-state index in [0.29, 0.717) is 11.3 Å². The van der Waals surface area contributed by atoms with Crippen molar-refractivity contribution in [3.05, 3.63) is 64.2 Å². The Morgan fingerprint density at radius 1 is 1.20 bits per heavy atom. The maximum atomic E-state index is 13.5. The van der Waals surface area contributed by atoms with Crippen molar-refractivity contribution in [2.45, 2.75) is 6.54 Å². The summed E-state index contributed by atoms with van der Waals surface area (Å²) < 4.78 is 26.6. The highest BCUT2D eigenvalue weighted by Gasteiger charge is 2.10. The van der Waals surface area contributed by atoms with E-state index in [1.54, 1.807) is 0 Å². The van der Waals surface area contributed by atoms with E-state index in [1.807, 2.05) is 0 Å². The first kappa shape index (κ1) is 14.3. The van der Waals surface area contributed by atoms with Crippen LogP contribution in [0.1, 0.15) is 15.9 Å². The summed E-state index contributed by atoms with van der Waals surface area (Å²) in [5.74, 6) is -2.61. The number of nitrogens with one attached hydrogen (secondary N) is 1. The molecule has 20 heavy (non-hydrogen) atoms. The van der Waals surface area contributed by atoms with Crippen molar-refractivity contribution in [3.63, 3.8) is 0 Å². The summed E-state index contributed by atoms with van der Waals surface area (Å²) in [7, 11) is 0. The number of carboxylic acids is 1. The topological polar surface area (TPSA) is 49.3 Å². The van der Waals surface area contributed by atoms with E-state index in [-0.39, 0.29) is 17.1 Å². The van der Waals surface area contributed by atoms with Crippen molar-refractivity contribution in [1.29, 1.82) is 0 Å². The van der Waals surface area contributed by atoms with E-state index < -0.39 is 17.6 Å². The van der Waals surface area contributed by atoms with Gasteiger partial charge in [-0.1, -0.05) is 17.7 Å². The minimum absolute atomic E-state index is 0.219. The molecule has 0 saturated heterocycles. The Labute approximate surface area is 118 Å². The molecule has 0 aliphatic rings. The molecule has 2 rings (SSSR count). The van der Waals surface area contributed by atoms with E-state index in [9.17, 15) is 13.6 Å². The Bertz CT molecular complexity index is 641. The summed E-state index contributed by atoms with van der Waals surface area (Å²) in [5.41, 5.74) is 0.605. The fourth-order valence-electron chi connectivity index (χ4n) is 1.70. The molecule has 6 heteroatoms. The van der Waals surface area contributed by atoms with E-state index in [1.165, 1.54) is 30.3 Å². The number of benzene rings is 2. The average Bonchev–Trinajstić information content (AvgIpc) is 2.35. The highest BCUT2D eigenvalue weighted by Crippen LogP contribution is 2.19. The molecule has 0 bridgehead atoms. The third-order valence-electron chi connectivity index (χ3n) is 2.62. The zero-order valence-electron chi connectivity index (χ0n) is 10.2. The smallest absolute Gasteiger partial charge is 0.338 e. The first-order valence-corrected chi connectivity index (χ1v) is 6.05. The van der Waals surface area contributed by atoms with Crippen molar-refractivity contribution in [3.8, 4) is 0 Å². The minimum atomic E-state index is -1.32. The van der Waals surface area contributed by atoms with Crippen LogP contribution in [0.5, 0.6) is 0 Å². The van der Waals surface area contributed by atoms with Crippen LogP contribution in [0.25, 0.3) is 0 Å². The molecule has 0 aliphatic heterocycles. The van der Waals surface area contributed by atoms with E-state index in [0.717, 1.165) is 6.07 Å². The molecule has 2 aromatic rings. The maximum Gasteiger partial charge on any atom is 0.338 e. The van der Waals surface area contributed by atoms with E-state index in [4.69, 9.17) is 16.7 Å². The Kier molecular flexibility index (Phi) is 4.20. The summed E-state index contributed by atoms with van der Waals surface area (Å²) in [6, 6.07) is 7.76. The molecule has 0 saturated carbocycles. The number of rotatable bonds is 4. The second-order valence-corrected chi connectivity index (χ2v) is 4.57. The predicted molar refractivity (Wildman–Crippen MR) is 72.1 cm³/mol. The predicted octanol–water partition coefficient (Wildman–Crippen LogP) is 3.93. The second-order valence-electron chi connectivity index (χ2n) is 4.13. The van der Waals surface area contributed by atoms with Crippen molar-refractivity contribution < 1.29 is 18.7 Å². The number of aromatic carboxylic acids is 1. The highest BCUT2D eigenvalue weighted by molar-refractivity contribution is 6.30. The quantitative estimate of drug-likeness (QED) is 0.899. The lowest BCUT2D eigenvalue weighted by molar-refractivity contribution is 0.0692. The van der Waals surface area contributed by atoms with Crippen LogP contribution in [0, 0.1) is 11.6 Å². The van der Waals surface area contributed by atoms with Crippen molar-refractivity contribution in [2.75, 3.05) is 5.32 Å². The first-order chi connectivity index (χ1) is 9.45. The molecule has 2 N–H and O–H groups in total. The van der Waals surface area contributed by atoms with Gasteiger partial charge in [0.2, 0.25) is 0 Å². The van der Waals surface area contributed by atoms with Gasteiger partial charge in [-0.3, -0.25) is 0 Å². The second kappa shape index (κ2) is 5.88. The van der Waals surface area contributed by atoms with Crippen molar-refractivity contribution in [2.24, 2.45) is 0 Å². The SMILES string of the molecule is O=C(O)c1ccc(CNc2cc(F)cc(Cl)c2)cc1F. The van der Waals surface area contributed by atoms with Gasteiger partial charge >= 0.3 is 5.97 Å². The van der Waals surface area contributed by atoms with Gasteiger partial charge in [0, 0.05) is 17.3 Å². The summed E-state index contributed by atoms with van der Waals surface area (Å²) in [4.78, 5) is 10.7. The first-order valence-electron chi connectivity index (χ1n) is 5.67. The van der Waals surface area contributed by atoms with Gasteiger partial charge in [0.1, 0.15) is 11.6 Å². The van der Waals surface area contributed by atoms with Crippen LogP contribution in [0.15, 0.2) is 36.4 Å². The van der Waals surface area contributed by atoms with Gasteiger partial charge < -0.3 is 10.4 Å². The maximum absolute atomic E-state index is 13.5. The lowest BCUT2D eigenvalue weighted by atomic mass is 10.1. The average molecular weight is 298 g/mol. The number of carbonyl (C=O) groups is 1. The van der Waals surface area contributed by atoms with Gasteiger partial charge in [0.05, 0.1) is 5.56 Å². The van der Waals surface area contributed by atoms with Crippen LogP contribution in [0.2, 0.25) is 5.02 Å². The largest absolute Gasteiger partial charge is 0.478 e. The van der Waals surface area contributed by atoms with Crippen LogP contribution in [0.3, 0.4) is 0 Å². The molecular weight excluding hydrogens is 288 g/mol. The normalized spacial score (nSPS) is 10.3. The molecule has 0 fully saturated rings. The third kappa shape index (κ3) is 3.45. The molecule has 0 radical (unpaired) electrons. The van der Waals surface area contributed by atoms with Crippen molar-refractivity contribution in [1.82, 2.24) is 0 Å². The summed E-state index contributed by atoms with van der Waals surface area (Å²) >= 11 is 5.71. The molecule has 0 atom stereocenters. The zero-order chi connectivity index (χ0) is 14.7. The standard InChI is InChI=1S/C14H10ClF2NO2/c15-9-4-10(16)6-11(5-9)18-7-8-1-2-12(14(19)20)13(17)3-8/h1-6,18H,7H2,(H,19,20). The lowest BCUT2D eigenvalue weighted by Crippen LogP contribution is -2.04. The molecule has 0 aliphatic carbocycles. The molecule has 104 valence electrons. The fraction of sp³-hybridized carbons (Fsp3) is 0.0714. The number of halogens is 3. The Morgan fingerprint density at radius 2 is 1.95 bits per heavy atom. The zero-order valence-corrected chi connectivity index (χ0v) is 10.9. The molecule has 2 aromatic carbocycles. The number of anilines is 1. The Balaban J connectivity index is 2.11. The van der Waals surface area contributed by atoms with Gasteiger partial charge in [-0.2, -0.15) is 0 Å². The van der Waals surface area contributed by atoms with Crippen LogP contribution in [-0.4, -0.2) is 11.1 Å². The van der Waals surface area contributed by atoms with Gasteiger partial charge in [-0.25, -0.2) is 13.6 Å². The van der Waals surface area contributed by atoms with Crippen LogP contribution in [-0.2, 0) is 6.54 Å². The highest BCUT2D eigenvalue weighted by atomic mass is 35.5. The van der Waals surface area contributed by atoms with Crippen LogP contribution >= 0.6 is 11.6 Å². The summed E-state index contributed by atoms with van der Waals surface area (Å²) in [6.45, 7) is 0.219. The van der Waals surface area contributed by atoms with Crippen LogP contribution < -0.4 is 5.32 Å². The number of hydrogen-bond acceptors (Lipinski definition) is 2. The lowest BCUT2D eigenvalue weighted by Gasteiger charge is -2.08. The van der Waals surface area contributed by atoms with E-state index >= 15 is 0 Å². The van der Waals surface area contributed by atoms with Gasteiger partial charge in [-0.05, 0) is 35.9 Å². The molecule has 0 heterocycles. The Hall–Kier alpha value is -2.14. The molecular formula is C14H10ClF2NO2. The monoisotopic (exact) mass is 297 g/mol. The van der Waals surface area contributed by atoms with Crippen molar-refractivity contribution >= 4 is 23.3 Å². The Morgan fingerprint density at radius 3 is 2.55 bits per heavy atom. The number of carboxylic acid groups (broad SMARTS) is 1. The molecule has 3 nitrogen and oxygen atoms in total. The number of hydrogen-bond donors (Lipinski definition) is 2. The summed E-state index contributed by atoms with van der Waals surface area (Å²) in [6.07, 6.45) is 0. The van der Waals surface area contributed by atoms with E-state index in [2.05, 4.69) is 5.32 Å². The molecule has 0 amide bonds. The third-order valence-corrected chi connectivity index (χ3v) is 2.84. The molecule has 0 unspecified atom stereocenters. The summed E-state index contributed by atoms with van der Waals surface area (Å²) in [5, 5.41) is 11.8. The molecule has 0 spiro atoms. The van der Waals surface area contributed by atoms with Gasteiger partial charge in [0.15, 0.2) is 0 Å².